The molecule has 0 saturated carbocycles. The van der Waals surface area contributed by atoms with E-state index < -0.39 is 20.6 Å². The summed E-state index contributed by atoms with van der Waals surface area (Å²) in [6.45, 7) is 0. The summed E-state index contributed by atoms with van der Waals surface area (Å²) in [6.07, 6.45) is 3.84. The van der Waals surface area contributed by atoms with Crippen molar-refractivity contribution in [2.45, 2.75) is 30.0 Å². The van der Waals surface area contributed by atoms with E-state index in [-0.39, 0.29) is 6.42 Å². The normalized spacial score (nSPS) is 24.7. The van der Waals surface area contributed by atoms with Gasteiger partial charge < -0.3 is 0 Å². The lowest BCUT2D eigenvalue weighted by Gasteiger charge is -2.18. The molecule has 0 aromatic carbocycles. The van der Waals surface area contributed by atoms with Gasteiger partial charge in [-0.1, -0.05) is 12.2 Å². The Balaban J connectivity index is 2.93. The topological polar surface area (TPSA) is 34.1 Å². The minimum atomic E-state index is -5.13. The van der Waals surface area contributed by atoms with Gasteiger partial charge in [-0.15, -0.1) is 0 Å². The number of allylic oxidation sites excluding steroid dienone is 1. The lowest BCUT2D eigenvalue weighted by Crippen LogP contribution is -2.33. The molecular weight excluding hydrogens is 205 g/mol. The maximum Gasteiger partial charge on any atom is 0.497 e. The molecule has 0 aliphatic heterocycles. The van der Waals surface area contributed by atoms with E-state index >= 15 is 0 Å². The van der Waals surface area contributed by atoms with Gasteiger partial charge in [0.2, 0.25) is 0 Å². The fourth-order valence-electron chi connectivity index (χ4n) is 1.21. The number of halogens is 3. The predicted molar refractivity (Wildman–Crippen MR) is 41.8 cm³/mol. The predicted octanol–water partition coefficient (Wildman–Crippen LogP) is 2.03. The first-order chi connectivity index (χ1) is 5.86. The van der Waals surface area contributed by atoms with Crippen molar-refractivity contribution in [2.75, 3.05) is 0 Å². The van der Waals surface area contributed by atoms with Gasteiger partial charge in [0.15, 0.2) is 0 Å². The van der Waals surface area contributed by atoms with Crippen molar-refractivity contribution in [3.8, 4) is 0 Å². The van der Waals surface area contributed by atoms with Gasteiger partial charge in [-0.05, 0) is 19.3 Å². The summed E-state index contributed by atoms with van der Waals surface area (Å²) < 4.78 is 57.6. The Kier molecular flexibility index (Phi) is 2.70. The van der Waals surface area contributed by atoms with Crippen LogP contribution in [0.5, 0.6) is 0 Å². The molecular formula is C7H9F3O2S. The average Bonchev–Trinajstić information content (AvgIpc) is 2.04. The lowest BCUT2D eigenvalue weighted by atomic mass is 10.1. The van der Waals surface area contributed by atoms with Gasteiger partial charge in [-0.3, -0.25) is 0 Å². The molecule has 0 saturated heterocycles. The second-order valence-corrected chi connectivity index (χ2v) is 5.05. The molecule has 13 heavy (non-hydrogen) atoms. The summed E-state index contributed by atoms with van der Waals surface area (Å²) in [5, 5.41) is -1.37. The number of alkyl halides is 3. The smallest absolute Gasteiger partial charge is 0.219 e. The summed E-state index contributed by atoms with van der Waals surface area (Å²) in [6, 6.07) is 0. The molecule has 76 valence electrons. The van der Waals surface area contributed by atoms with Crippen LogP contribution in [-0.2, 0) is 9.84 Å². The van der Waals surface area contributed by atoms with Crippen molar-refractivity contribution < 1.29 is 21.6 Å². The fraction of sp³-hybridized carbons (Fsp3) is 0.714. The highest BCUT2D eigenvalue weighted by Gasteiger charge is 2.49. The van der Waals surface area contributed by atoms with Gasteiger partial charge in [-0.25, -0.2) is 8.42 Å². The van der Waals surface area contributed by atoms with Crippen LogP contribution < -0.4 is 0 Å². The Labute approximate surface area is 74.4 Å². The van der Waals surface area contributed by atoms with Gasteiger partial charge >= 0.3 is 5.51 Å². The van der Waals surface area contributed by atoms with Crippen LogP contribution in [0.3, 0.4) is 0 Å². The molecule has 0 aromatic rings. The molecule has 0 bridgehead atoms. The van der Waals surface area contributed by atoms with E-state index in [9.17, 15) is 21.6 Å². The monoisotopic (exact) mass is 214 g/mol. The van der Waals surface area contributed by atoms with Crippen molar-refractivity contribution in [1.29, 1.82) is 0 Å². The maximum absolute atomic E-state index is 12.0. The van der Waals surface area contributed by atoms with Crippen molar-refractivity contribution in [2.24, 2.45) is 0 Å². The number of hydrogen-bond donors (Lipinski definition) is 0. The number of hydrogen-bond acceptors (Lipinski definition) is 2. The molecule has 0 heterocycles. The van der Waals surface area contributed by atoms with Crippen LogP contribution in [-0.4, -0.2) is 19.2 Å². The third-order valence-electron chi connectivity index (χ3n) is 1.93. The first-order valence-electron chi connectivity index (χ1n) is 3.82. The molecule has 0 N–H and O–H groups in total. The Hall–Kier alpha value is -0.520. The lowest BCUT2D eigenvalue weighted by molar-refractivity contribution is -0.0442. The molecule has 0 fully saturated rings. The molecule has 1 aliphatic rings. The van der Waals surface area contributed by atoms with E-state index in [0.29, 0.717) is 12.8 Å². The molecule has 0 amide bonds. The molecule has 1 aliphatic carbocycles. The van der Waals surface area contributed by atoms with Crippen LogP contribution in [0.1, 0.15) is 19.3 Å². The van der Waals surface area contributed by atoms with Crippen molar-refractivity contribution in [3.63, 3.8) is 0 Å². The average molecular weight is 214 g/mol. The second-order valence-electron chi connectivity index (χ2n) is 2.89. The molecule has 0 aromatic heterocycles. The summed E-state index contributed by atoms with van der Waals surface area (Å²) in [5.41, 5.74) is -5.13. The molecule has 2 nitrogen and oxygen atoms in total. The third-order valence-corrected chi connectivity index (χ3v) is 3.77. The zero-order chi connectivity index (χ0) is 10.1. The van der Waals surface area contributed by atoms with Crippen LogP contribution in [0.4, 0.5) is 13.2 Å². The molecule has 6 heteroatoms. The SMILES string of the molecule is O=S(=O)(C1C=CCCC1)C(F)(F)F. The molecule has 1 atom stereocenters. The van der Waals surface area contributed by atoms with Crippen LogP contribution in [0.2, 0.25) is 0 Å². The molecule has 1 rings (SSSR count). The first kappa shape index (κ1) is 10.6. The van der Waals surface area contributed by atoms with Crippen LogP contribution in [0.15, 0.2) is 12.2 Å². The van der Waals surface area contributed by atoms with Gasteiger partial charge in [-0.2, -0.15) is 13.2 Å². The minimum Gasteiger partial charge on any atom is -0.219 e. The quantitative estimate of drug-likeness (QED) is 0.626. The van der Waals surface area contributed by atoms with E-state index in [1.54, 1.807) is 0 Å². The van der Waals surface area contributed by atoms with Gasteiger partial charge in [0.25, 0.3) is 9.84 Å². The largest absolute Gasteiger partial charge is 0.497 e. The van der Waals surface area contributed by atoms with E-state index in [1.807, 2.05) is 0 Å². The Bertz CT molecular complexity index is 302. The molecule has 0 radical (unpaired) electrons. The van der Waals surface area contributed by atoms with E-state index in [1.165, 1.54) is 6.08 Å². The zero-order valence-corrected chi connectivity index (χ0v) is 7.53. The van der Waals surface area contributed by atoms with Crippen LogP contribution in [0, 0.1) is 0 Å². The van der Waals surface area contributed by atoms with Crippen LogP contribution in [0.25, 0.3) is 0 Å². The van der Waals surface area contributed by atoms with Crippen LogP contribution >= 0.6 is 0 Å². The Morgan fingerprint density at radius 2 is 1.92 bits per heavy atom. The van der Waals surface area contributed by atoms with Crippen molar-refractivity contribution in [1.82, 2.24) is 0 Å². The summed E-state index contributed by atoms with van der Waals surface area (Å²) in [7, 11) is -4.99. The zero-order valence-electron chi connectivity index (χ0n) is 6.71. The summed E-state index contributed by atoms with van der Waals surface area (Å²) in [4.78, 5) is 0. The first-order valence-corrected chi connectivity index (χ1v) is 5.37. The molecule has 0 spiro atoms. The Morgan fingerprint density at radius 3 is 2.31 bits per heavy atom. The minimum absolute atomic E-state index is 0.0678. The second kappa shape index (κ2) is 3.32. The fourth-order valence-corrected chi connectivity index (χ4v) is 2.35. The highest BCUT2D eigenvalue weighted by Crippen LogP contribution is 2.31. The highest BCUT2D eigenvalue weighted by atomic mass is 32.2. The number of sulfone groups is 1. The van der Waals surface area contributed by atoms with E-state index in [2.05, 4.69) is 0 Å². The summed E-state index contributed by atoms with van der Waals surface area (Å²) in [5.74, 6) is 0. The standard InChI is InChI=1S/C7H9F3O2S/c8-7(9,10)13(11,12)6-4-2-1-3-5-6/h2,4,6H,1,3,5H2. The van der Waals surface area contributed by atoms with Gasteiger partial charge in [0, 0.05) is 0 Å². The Morgan fingerprint density at radius 1 is 1.31 bits per heavy atom. The third kappa shape index (κ3) is 2.04. The number of rotatable bonds is 1. The van der Waals surface area contributed by atoms with Gasteiger partial charge in [0.1, 0.15) is 0 Å². The van der Waals surface area contributed by atoms with E-state index in [4.69, 9.17) is 0 Å². The van der Waals surface area contributed by atoms with Crippen molar-refractivity contribution >= 4 is 9.84 Å². The van der Waals surface area contributed by atoms with Crippen molar-refractivity contribution in [3.05, 3.63) is 12.2 Å². The maximum atomic E-state index is 12.0. The molecule has 1 unspecified atom stereocenters. The highest BCUT2D eigenvalue weighted by molar-refractivity contribution is 7.93. The summed E-state index contributed by atoms with van der Waals surface area (Å²) >= 11 is 0. The van der Waals surface area contributed by atoms with Gasteiger partial charge in [0.05, 0.1) is 5.25 Å². The van der Waals surface area contributed by atoms with E-state index in [0.717, 1.165) is 6.08 Å².